The van der Waals surface area contributed by atoms with Gasteiger partial charge in [-0.25, -0.2) is 24.0 Å². The van der Waals surface area contributed by atoms with Crippen LogP contribution in [0.4, 0.5) is 31.7 Å². The number of benzene rings is 1. The Hall–Kier alpha value is -5.48. The molecule has 17 nitrogen and oxygen atoms in total. The van der Waals surface area contributed by atoms with E-state index in [2.05, 4.69) is 15.3 Å². The Morgan fingerprint density at radius 2 is 1.62 bits per heavy atom. The first-order chi connectivity index (χ1) is 25.6. The van der Waals surface area contributed by atoms with Crippen LogP contribution in [-0.4, -0.2) is 73.0 Å². The maximum atomic E-state index is 14.0. The molecule has 1 aromatic carbocycles. The third kappa shape index (κ3) is 11.3. The van der Waals surface area contributed by atoms with Crippen LogP contribution in [0.25, 0.3) is 0 Å². The van der Waals surface area contributed by atoms with E-state index in [9.17, 15) is 24.5 Å². The van der Waals surface area contributed by atoms with Gasteiger partial charge in [0.05, 0.1) is 35.2 Å². The number of hydrogen-bond donors (Lipinski definition) is 1. The highest BCUT2D eigenvalue weighted by Crippen LogP contribution is 2.40. The Labute approximate surface area is 320 Å². The van der Waals surface area contributed by atoms with E-state index in [0.717, 1.165) is 12.8 Å². The molecule has 17 heteroatoms. The molecule has 5 rings (SSSR count). The number of amides is 2. The van der Waals surface area contributed by atoms with Crippen LogP contribution in [0.5, 0.6) is 11.6 Å². The zero-order chi connectivity index (χ0) is 40.3. The van der Waals surface area contributed by atoms with Crippen LogP contribution in [0.2, 0.25) is 0 Å². The molecule has 2 saturated carbocycles. The summed E-state index contributed by atoms with van der Waals surface area (Å²) >= 11 is 0. The molecule has 3 aromatic rings. The van der Waals surface area contributed by atoms with E-state index in [1.165, 1.54) is 41.6 Å². The third-order valence-corrected chi connectivity index (χ3v) is 8.72. The summed E-state index contributed by atoms with van der Waals surface area (Å²) in [6, 6.07) is 6.96. The van der Waals surface area contributed by atoms with E-state index >= 15 is 0 Å². The number of aromatic nitrogens is 4. The maximum absolute atomic E-state index is 14.0. The van der Waals surface area contributed by atoms with Gasteiger partial charge in [0, 0.05) is 30.2 Å². The van der Waals surface area contributed by atoms with Gasteiger partial charge < -0.3 is 29.0 Å². The summed E-state index contributed by atoms with van der Waals surface area (Å²) in [6.07, 6.45) is 3.53. The summed E-state index contributed by atoms with van der Waals surface area (Å²) in [5.74, 6) is 0.983. The summed E-state index contributed by atoms with van der Waals surface area (Å²) in [5, 5.41) is 18.8. The molecule has 0 spiro atoms. The van der Waals surface area contributed by atoms with E-state index in [1.807, 2.05) is 47.6 Å². The number of anilines is 2. The lowest BCUT2D eigenvalue weighted by Gasteiger charge is -2.35. The Morgan fingerprint density at radius 1 is 0.945 bits per heavy atom. The van der Waals surface area contributed by atoms with Crippen LogP contribution in [-0.2, 0) is 19.7 Å². The van der Waals surface area contributed by atoms with Crippen LogP contribution in [0.15, 0.2) is 42.7 Å². The number of nitrogens with one attached hydrogen (secondary N) is 1. The summed E-state index contributed by atoms with van der Waals surface area (Å²) in [7, 11) is 0. The highest BCUT2D eigenvalue weighted by atomic mass is 16.7. The lowest BCUT2D eigenvalue weighted by molar-refractivity contribution is -0.384. The molecule has 2 fully saturated rings. The first-order valence-electron chi connectivity index (χ1n) is 18.3. The zero-order valence-corrected chi connectivity index (χ0v) is 32.9. The molecule has 0 saturated heterocycles. The van der Waals surface area contributed by atoms with Crippen LogP contribution in [0, 0.1) is 16.0 Å². The molecule has 2 heterocycles. The average molecular weight is 766 g/mol. The third-order valence-electron chi connectivity index (χ3n) is 8.72. The van der Waals surface area contributed by atoms with Crippen molar-refractivity contribution in [2.24, 2.45) is 5.92 Å². The highest BCUT2D eigenvalue weighted by Gasteiger charge is 2.37. The molecule has 298 valence electrons. The van der Waals surface area contributed by atoms with Crippen LogP contribution in [0.3, 0.4) is 0 Å². The van der Waals surface area contributed by atoms with Gasteiger partial charge in [0.15, 0.2) is 5.82 Å². The largest absolute Gasteiger partial charge is 0.514 e. The van der Waals surface area contributed by atoms with Crippen molar-refractivity contribution < 1.29 is 43.0 Å². The van der Waals surface area contributed by atoms with Crippen molar-refractivity contribution in [3.8, 4) is 11.6 Å². The first-order valence-corrected chi connectivity index (χ1v) is 18.3. The predicted octanol–water partition coefficient (Wildman–Crippen LogP) is 7.94. The van der Waals surface area contributed by atoms with Gasteiger partial charge in [0.1, 0.15) is 28.9 Å². The Bertz CT molecular complexity index is 1850. The number of nitro benzene ring substituents is 1. The molecule has 55 heavy (non-hydrogen) atoms. The van der Waals surface area contributed by atoms with Crippen molar-refractivity contribution in [2.75, 3.05) is 11.5 Å². The number of ether oxygens (including phenoxy) is 5. The molecule has 0 unspecified atom stereocenters. The molecule has 2 amide bonds. The molecule has 2 aliphatic carbocycles. The van der Waals surface area contributed by atoms with Gasteiger partial charge in [-0.1, -0.05) is 0 Å². The van der Waals surface area contributed by atoms with Gasteiger partial charge in [-0.15, -0.1) is 0 Å². The SMILES string of the molecule is CC(C)(C)OC(=O)NC1CC(COc2cncc(N(C(=O)OC(C)(C)C)c3cc([C@H]4CC[C@@H](OC(=O)Oc5ccc([N+](=O)[O-])cc5)C4)nn3C(C)(C)C)n2)C1. The standard InChI is InChI=1S/C38H51N7O10/c1-36(2,3)44-32(19-29(42-44)24-10-13-28(18-24)53-35(48)52-27-14-11-26(12-15-27)45(49)50)43(34(47)55-38(7,8)9)30-20-39-21-31(41-30)51-22-23-16-25(17-23)40-33(46)54-37(4,5)6/h11-12,14-15,19-21,23-25,28H,10,13,16-18,22H2,1-9H3,(H,40,46)/t23?,24-,25?,28+/m0/s1. The number of nitrogens with zero attached hydrogens (tertiary/aromatic N) is 6. The summed E-state index contributed by atoms with van der Waals surface area (Å²) in [6.45, 7) is 17.0. The van der Waals surface area contributed by atoms with E-state index in [1.54, 1.807) is 25.5 Å². The Morgan fingerprint density at radius 3 is 2.24 bits per heavy atom. The number of alkyl carbamates (subject to hydrolysis) is 1. The molecular weight excluding hydrogens is 714 g/mol. The molecule has 0 aliphatic heterocycles. The lowest BCUT2D eigenvalue weighted by atomic mass is 9.81. The minimum absolute atomic E-state index is 0.00615. The summed E-state index contributed by atoms with van der Waals surface area (Å²) in [4.78, 5) is 59.4. The van der Waals surface area contributed by atoms with Crippen molar-refractivity contribution in [3.63, 3.8) is 0 Å². The van der Waals surface area contributed by atoms with Crippen molar-refractivity contribution >= 4 is 35.7 Å². The van der Waals surface area contributed by atoms with Gasteiger partial charge in [0.2, 0.25) is 5.88 Å². The van der Waals surface area contributed by atoms with Gasteiger partial charge in [-0.2, -0.15) is 10.1 Å². The molecule has 2 aromatic heterocycles. The van der Waals surface area contributed by atoms with Crippen molar-refractivity contribution in [1.82, 2.24) is 25.1 Å². The fourth-order valence-electron chi connectivity index (χ4n) is 6.24. The number of rotatable bonds is 10. The minimum Gasteiger partial charge on any atom is -0.476 e. The number of carbonyl (C=O) groups excluding carboxylic acids is 3. The van der Waals surface area contributed by atoms with E-state index < -0.39 is 46.1 Å². The van der Waals surface area contributed by atoms with Crippen molar-refractivity contribution in [2.45, 2.75) is 129 Å². The Balaban J connectivity index is 1.30. The molecule has 1 N–H and O–H groups in total. The Kier molecular flexibility index (Phi) is 11.9. The van der Waals surface area contributed by atoms with Crippen LogP contribution >= 0.6 is 0 Å². The number of carbonyl (C=O) groups is 3. The fourth-order valence-corrected chi connectivity index (χ4v) is 6.24. The van der Waals surface area contributed by atoms with Gasteiger partial charge >= 0.3 is 18.3 Å². The van der Waals surface area contributed by atoms with Gasteiger partial charge in [-0.05, 0) is 112 Å². The molecule has 0 radical (unpaired) electrons. The molecule has 2 aliphatic rings. The number of nitro groups is 1. The second-order valence-corrected chi connectivity index (χ2v) is 16.9. The molecule has 2 atom stereocenters. The summed E-state index contributed by atoms with van der Waals surface area (Å²) in [5.41, 5.74) is -1.44. The molecule has 0 bridgehead atoms. The van der Waals surface area contributed by atoms with Crippen LogP contribution < -0.4 is 19.7 Å². The normalized spacial score (nSPS) is 19.8. The second-order valence-electron chi connectivity index (χ2n) is 16.9. The van der Waals surface area contributed by atoms with Crippen molar-refractivity contribution in [3.05, 3.63) is 58.5 Å². The topological polar surface area (TPSA) is 199 Å². The maximum Gasteiger partial charge on any atom is 0.514 e. The quantitative estimate of drug-likeness (QED) is 0.0686. The summed E-state index contributed by atoms with van der Waals surface area (Å²) < 4.78 is 29.8. The molecular formula is C38H51N7O10. The minimum atomic E-state index is -0.910. The van der Waals surface area contributed by atoms with E-state index in [4.69, 9.17) is 28.8 Å². The fraction of sp³-hybridized carbons (Fsp3) is 0.579. The second kappa shape index (κ2) is 16.1. The number of hydrogen-bond acceptors (Lipinski definition) is 13. The predicted molar refractivity (Wildman–Crippen MR) is 200 cm³/mol. The van der Waals surface area contributed by atoms with E-state index in [0.29, 0.717) is 37.4 Å². The van der Waals surface area contributed by atoms with Crippen LogP contribution in [0.1, 0.15) is 106 Å². The number of non-ortho nitro benzene ring substituents is 1. The average Bonchev–Trinajstić information content (AvgIpc) is 3.68. The van der Waals surface area contributed by atoms with Gasteiger partial charge in [-0.3, -0.25) is 15.1 Å². The lowest BCUT2D eigenvalue weighted by Crippen LogP contribution is -2.47. The highest BCUT2D eigenvalue weighted by molar-refractivity contribution is 5.94. The monoisotopic (exact) mass is 765 g/mol. The zero-order valence-electron chi connectivity index (χ0n) is 32.9. The van der Waals surface area contributed by atoms with Crippen molar-refractivity contribution in [1.29, 1.82) is 0 Å². The van der Waals surface area contributed by atoms with Gasteiger partial charge in [0.25, 0.3) is 5.69 Å². The van der Waals surface area contributed by atoms with E-state index in [-0.39, 0.29) is 41.0 Å². The first kappa shape index (κ1) is 40.7. The smallest absolute Gasteiger partial charge is 0.476 e.